The van der Waals surface area contributed by atoms with E-state index in [9.17, 15) is 4.39 Å². The Morgan fingerprint density at radius 1 is 1.33 bits per heavy atom. The zero-order valence-electron chi connectivity index (χ0n) is 8.15. The van der Waals surface area contributed by atoms with Gasteiger partial charge in [0.25, 0.3) is 0 Å². The van der Waals surface area contributed by atoms with E-state index in [2.05, 4.69) is 12.3 Å². The summed E-state index contributed by atoms with van der Waals surface area (Å²) in [5, 5.41) is 0. The molecule has 0 fully saturated rings. The molecule has 0 nitrogen and oxygen atoms in total. The number of unbranched alkanes of at least 4 members (excludes halogenated alkanes) is 1. The monoisotopic (exact) mass is 168 g/mol. The molecular weight excluding hydrogens is 151 g/mol. The summed E-state index contributed by atoms with van der Waals surface area (Å²) in [5.74, 6) is 2.46. The maximum absolute atomic E-state index is 13.0. The summed E-state index contributed by atoms with van der Waals surface area (Å²) in [7, 11) is 0. The van der Waals surface area contributed by atoms with E-state index in [1.54, 1.807) is 0 Å². The van der Waals surface area contributed by atoms with Gasteiger partial charge in [0, 0.05) is 12.8 Å². The molecular formula is C11H17F. The van der Waals surface area contributed by atoms with Crippen molar-refractivity contribution in [1.82, 2.24) is 0 Å². The molecule has 12 heavy (non-hydrogen) atoms. The van der Waals surface area contributed by atoms with E-state index in [-0.39, 0.29) is 5.41 Å². The lowest BCUT2D eigenvalue weighted by atomic mass is 9.88. The second-order valence-electron chi connectivity index (χ2n) is 4.14. The van der Waals surface area contributed by atoms with Crippen LogP contribution in [0.5, 0.6) is 0 Å². The Bertz CT molecular complexity index is 147. The van der Waals surface area contributed by atoms with Gasteiger partial charge in [-0.1, -0.05) is 20.8 Å². The fourth-order valence-electron chi connectivity index (χ4n) is 0.911. The highest BCUT2D eigenvalue weighted by molar-refractivity contribution is 4.89. The van der Waals surface area contributed by atoms with E-state index in [1.807, 2.05) is 20.8 Å². The van der Waals surface area contributed by atoms with E-state index < -0.39 is 6.17 Å². The van der Waals surface area contributed by atoms with Gasteiger partial charge in [-0.2, -0.15) is 0 Å². The summed E-state index contributed by atoms with van der Waals surface area (Å²) in [4.78, 5) is 0. The molecule has 0 aromatic heterocycles. The van der Waals surface area contributed by atoms with Crippen LogP contribution < -0.4 is 0 Å². The van der Waals surface area contributed by atoms with Crippen molar-refractivity contribution < 1.29 is 4.39 Å². The van der Waals surface area contributed by atoms with Crippen molar-refractivity contribution in [3.05, 3.63) is 6.42 Å². The van der Waals surface area contributed by atoms with Gasteiger partial charge in [0.05, 0.1) is 0 Å². The van der Waals surface area contributed by atoms with Gasteiger partial charge in [-0.05, 0) is 18.3 Å². The van der Waals surface area contributed by atoms with Crippen molar-refractivity contribution in [3.8, 4) is 12.3 Å². The molecule has 0 spiro atoms. The summed E-state index contributed by atoms with van der Waals surface area (Å²) >= 11 is 0. The predicted molar refractivity (Wildman–Crippen MR) is 50.3 cm³/mol. The summed E-state index contributed by atoms with van der Waals surface area (Å²) in [6.45, 7) is 6.05. The summed E-state index contributed by atoms with van der Waals surface area (Å²) in [6.07, 6.45) is 8.50. The minimum Gasteiger partial charge on any atom is -0.247 e. The van der Waals surface area contributed by atoms with Crippen LogP contribution in [0.1, 0.15) is 40.0 Å². The van der Waals surface area contributed by atoms with Crippen LogP contribution in [0.4, 0.5) is 4.39 Å². The molecule has 0 heterocycles. The standard InChI is InChI=1S/C11H17F/c1-5-6-7-8-10(12)9-11(2,3)4/h1,10H,6-7,9H2,2-4H3. The first-order chi connectivity index (χ1) is 5.45. The second-order valence-corrected chi connectivity index (χ2v) is 4.14. The van der Waals surface area contributed by atoms with Crippen LogP contribution in [-0.4, -0.2) is 6.17 Å². The molecule has 0 saturated heterocycles. The van der Waals surface area contributed by atoms with Crippen LogP contribution in [0, 0.1) is 24.2 Å². The van der Waals surface area contributed by atoms with Crippen molar-refractivity contribution in [2.24, 2.45) is 5.41 Å². The first-order valence-corrected chi connectivity index (χ1v) is 4.26. The van der Waals surface area contributed by atoms with Gasteiger partial charge >= 0.3 is 0 Å². The van der Waals surface area contributed by atoms with Gasteiger partial charge in [-0.3, -0.25) is 0 Å². The minimum absolute atomic E-state index is 0.0303. The SMILES string of the molecule is C#CCC[C]C(F)CC(C)(C)C. The van der Waals surface area contributed by atoms with E-state index in [1.165, 1.54) is 0 Å². The molecule has 0 amide bonds. The van der Waals surface area contributed by atoms with Crippen LogP contribution in [0.25, 0.3) is 0 Å². The van der Waals surface area contributed by atoms with Crippen LogP contribution in [0.2, 0.25) is 0 Å². The smallest absolute Gasteiger partial charge is 0.108 e. The Kier molecular flexibility index (Phi) is 4.97. The molecule has 1 unspecified atom stereocenters. The molecule has 0 aromatic rings. The highest BCUT2D eigenvalue weighted by atomic mass is 19.1. The lowest BCUT2D eigenvalue weighted by molar-refractivity contribution is 0.247. The predicted octanol–water partition coefficient (Wildman–Crippen LogP) is 3.26. The van der Waals surface area contributed by atoms with Crippen LogP contribution in [0.15, 0.2) is 0 Å². The zero-order valence-corrected chi connectivity index (χ0v) is 8.15. The maximum Gasteiger partial charge on any atom is 0.108 e. The van der Waals surface area contributed by atoms with Crippen LogP contribution in [-0.2, 0) is 0 Å². The number of halogens is 1. The van der Waals surface area contributed by atoms with Crippen molar-refractivity contribution in [2.45, 2.75) is 46.2 Å². The Morgan fingerprint density at radius 2 is 1.92 bits per heavy atom. The van der Waals surface area contributed by atoms with Crippen LogP contribution in [0.3, 0.4) is 0 Å². The van der Waals surface area contributed by atoms with E-state index in [0.29, 0.717) is 19.3 Å². The summed E-state index contributed by atoms with van der Waals surface area (Å²) in [5.41, 5.74) is 0.0303. The van der Waals surface area contributed by atoms with Crippen molar-refractivity contribution in [2.75, 3.05) is 0 Å². The van der Waals surface area contributed by atoms with Crippen molar-refractivity contribution in [3.63, 3.8) is 0 Å². The number of hydrogen-bond donors (Lipinski definition) is 0. The molecule has 0 aromatic carbocycles. The Labute approximate surface area is 75.6 Å². The second kappa shape index (κ2) is 5.19. The van der Waals surface area contributed by atoms with E-state index >= 15 is 0 Å². The van der Waals surface area contributed by atoms with Gasteiger partial charge in [0.2, 0.25) is 0 Å². The Balaban J connectivity index is 3.48. The zero-order chi connectivity index (χ0) is 9.61. The minimum atomic E-state index is -0.932. The lowest BCUT2D eigenvalue weighted by Crippen LogP contribution is -2.14. The summed E-state index contributed by atoms with van der Waals surface area (Å²) < 4.78 is 13.0. The first-order valence-electron chi connectivity index (χ1n) is 4.26. The normalized spacial score (nSPS) is 13.9. The molecule has 0 N–H and O–H groups in total. The third-order valence-corrected chi connectivity index (χ3v) is 1.43. The molecule has 0 rings (SSSR count). The Hall–Kier alpha value is -0.510. The number of alkyl halides is 1. The summed E-state index contributed by atoms with van der Waals surface area (Å²) in [6, 6.07) is 0. The highest BCUT2D eigenvalue weighted by Gasteiger charge is 2.17. The third kappa shape index (κ3) is 7.60. The topological polar surface area (TPSA) is 0 Å². The van der Waals surface area contributed by atoms with Gasteiger partial charge in [-0.15, -0.1) is 12.3 Å². The van der Waals surface area contributed by atoms with E-state index in [0.717, 1.165) is 0 Å². The highest BCUT2D eigenvalue weighted by Crippen LogP contribution is 2.24. The quantitative estimate of drug-likeness (QED) is 0.446. The molecule has 2 radical (unpaired) electrons. The van der Waals surface area contributed by atoms with Crippen molar-refractivity contribution in [1.29, 1.82) is 0 Å². The molecule has 0 aliphatic rings. The molecule has 0 aliphatic heterocycles. The van der Waals surface area contributed by atoms with Gasteiger partial charge < -0.3 is 0 Å². The molecule has 0 aliphatic carbocycles. The van der Waals surface area contributed by atoms with Crippen LogP contribution >= 0.6 is 0 Å². The third-order valence-electron chi connectivity index (χ3n) is 1.43. The average Bonchev–Trinajstić information content (AvgIpc) is 1.84. The maximum atomic E-state index is 13.0. The van der Waals surface area contributed by atoms with Gasteiger partial charge in [-0.25, -0.2) is 4.39 Å². The molecule has 1 heteroatoms. The lowest BCUT2D eigenvalue weighted by Gasteiger charge is -2.20. The number of terminal acetylenes is 1. The largest absolute Gasteiger partial charge is 0.247 e. The number of hydrogen-bond acceptors (Lipinski definition) is 0. The Morgan fingerprint density at radius 3 is 2.33 bits per heavy atom. The average molecular weight is 168 g/mol. The fourth-order valence-corrected chi connectivity index (χ4v) is 0.911. The fraction of sp³-hybridized carbons (Fsp3) is 0.727. The first kappa shape index (κ1) is 11.5. The van der Waals surface area contributed by atoms with Gasteiger partial charge in [0.1, 0.15) is 6.17 Å². The molecule has 1 atom stereocenters. The van der Waals surface area contributed by atoms with Gasteiger partial charge in [0.15, 0.2) is 0 Å². The molecule has 0 saturated carbocycles. The number of rotatable bonds is 4. The van der Waals surface area contributed by atoms with E-state index in [4.69, 9.17) is 6.42 Å². The molecule has 68 valence electrons. The molecule has 0 bridgehead atoms. The van der Waals surface area contributed by atoms with Crippen molar-refractivity contribution >= 4 is 0 Å².